The first-order chi connectivity index (χ1) is 14.8. The molecule has 3 aliphatic rings. The molecule has 1 spiro atoms. The second kappa shape index (κ2) is 7.09. The van der Waals surface area contributed by atoms with Crippen LogP contribution in [0.15, 0.2) is 70.0 Å². The fourth-order valence-electron chi connectivity index (χ4n) is 4.24. The quantitative estimate of drug-likeness (QED) is 0.812. The molecule has 0 unspecified atom stereocenters. The highest BCUT2D eigenvalue weighted by Gasteiger charge is 2.47. The molecule has 0 amide bonds. The molecular weight excluding hydrogens is 395 g/mol. The van der Waals surface area contributed by atoms with Gasteiger partial charge in [0.1, 0.15) is 11.5 Å². The molecule has 5 heterocycles. The van der Waals surface area contributed by atoms with Gasteiger partial charge < -0.3 is 10.2 Å². The van der Waals surface area contributed by atoms with Crippen LogP contribution in [0, 0.1) is 5.41 Å². The number of allylic oxidation sites excluding steroid dienone is 7. The zero-order valence-corrected chi connectivity index (χ0v) is 17.5. The van der Waals surface area contributed by atoms with Crippen LogP contribution in [0.3, 0.4) is 0 Å². The summed E-state index contributed by atoms with van der Waals surface area (Å²) >= 11 is 0. The smallest absolute Gasteiger partial charge is 0.355 e. The van der Waals surface area contributed by atoms with Crippen molar-refractivity contribution in [1.82, 2.24) is 19.7 Å². The molecule has 2 aromatic rings. The molecule has 7 nitrogen and oxygen atoms in total. The molecule has 0 atom stereocenters. The summed E-state index contributed by atoms with van der Waals surface area (Å²) in [6, 6.07) is 3.76. The van der Waals surface area contributed by atoms with Gasteiger partial charge in [0.15, 0.2) is 5.82 Å². The van der Waals surface area contributed by atoms with Crippen molar-refractivity contribution in [3.63, 3.8) is 0 Å². The van der Waals surface area contributed by atoms with E-state index < -0.39 is 11.5 Å². The summed E-state index contributed by atoms with van der Waals surface area (Å²) < 4.78 is 16.1. The van der Waals surface area contributed by atoms with Gasteiger partial charge in [-0.15, -0.1) is 0 Å². The molecule has 1 N–H and O–H groups in total. The molecule has 0 aliphatic carbocycles. The van der Waals surface area contributed by atoms with Gasteiger partial charge in [0.2, 0.25) is 0 Å². The van der Waals surface area contributed by atoms with Crippen molar-refractivity contribution in [2.24, 2.45) is 10.4 Å². The van der Waals surface area contributed by atoms with E-state index in [-0.39, 0.29) is 11.5 Å². The van der Waals surface area contributed by atoms with Crippen molar-refractivity contribution in [3.8, 4) is 0 Å². The summed E-state index contributed by atoms with van der Waals surface area (Å²) in [6.45, 7) is 11.4. The Morgan fingerprint density at radius 3 is 2.61 bits per heavy atom. The molecule has 0 radical (unpaired) electrons. The lowest BCUT2D eigenvalue weighted by Crippen LogP contribution is -2.71. The third kappa shape index (κ3) is 3.53. The summed E-state index contributed by atoms with van der Waals surface area (Å²) in [4.78, 5) is 27.9. The molecule has 2 fully saturated rings. The number of nitrogens with zero attached hydrogens (tertiary/aromatic N) is 5. The number of pyridine rings is 1. The van der Waals surface area contributed by atoms with Gasteiger partial charge in [-0.1, -0.05) is 6.58 Å². The van der Waals surface area contributed by atoms with Gasteiger partial charge in [-0.05, 0) is 49.8 Å². The largest absolute Gasteiger partial charge is 0.369 e. The predicted octanol–water partition coefficient (Wildman–Crippen LogP) is 2.67. The highest BCUT2D eigenvalue weighted by atomic mass is 19.1. The van der Waals surface area contributed by atoms with Crippen LogP contribution in [0.25, 0.3) is 11.2 Å². The van der Waals surface area contributed by atoms with Gasteiger partial charge >= 0.3 is 5.69 Å². The van der Waals surface area contributed by atoms with Crippen molar-refractivity contribution >= 4 is 22.6 Å². The number of hydrogen-bond acceptors (Lipinski definition) is 6. The average Bonchev–Trinajstić information content (AvgIpc) is 2.68. The van der Waals surface area contributed by atoms with Gasteiger partial charge in [-0.2, -0.15) is 4.98 Å². The number of nitrogens with one attached hydrogen (secondary N) is 1. The monoisotopic (exact) mass is 418 g/mol. The number of anilines is 1. The first kappa shape index (κ1) is 19.6. The van der Waals surface area contributed by atoms with E-state index in [1.165, 1.54) is 10.5 Å². The van der Waals surface area contributed by atoms with Gasteiger partial charge in [0.05, 0.1) is 11.4 Å². The number of aromatic nitrogens is 3. The maximum atomic E-state index is 14.6. The summed E-state index contributed by atoms with van der Waals surface area (Å²) in [5.41, 5.74) is 3.22. The first-order valence-corrected chi connectivity index (χ1v) is 10.2. The summed E-state index contributed by atoms with van der Waals surface area (Å²) in [5, 5.41) is 3.32. The van der Waals surface area contributed by atoms with E-state index >= 15 is 0 Å². The summed E-state index contributed by atoms with van der Waals surface area (Å²) in [7, 11) is 0. The minimum Gasteiger partial charge on any atom is -0.369 e. The Bertz CT molecular complexity index is 1290. The van der Waals surface area contributed by atoms with Crippen molar-refractivity contribution in [1.29, 1.82) is 0 Å². The average molecular weight is 418 g/mol. The molecule has 5 rings (SSSR count). The molecule has 31 heavy (non-hydrogen) atoms. The van der Waals surface area contributed by atoms with E-state index in [1.807, 2.05) is 6.07 Å². The van der Waals surface area contributed by atoms with Gasteiger partial charge in [0, 0.05) is 49.1 Å². The second-order valence-corrected chi connectivity index (χ2v) is 8.55. The van der Waals surface area contributed by atoms with Crippen LogP contribution in [0.5, 0.6) is 0 Å². The van der Waals surface area contributed by atoms with E-state index in [1.54, 1.807) is 38.3 Å². The van der Waals surface area contributed by atoms with E-state index in [2.05, 4.69) is 31.8 Å². The number of fused-ring (bicyclic) bond motifs is 1. The van der Waals surface area contributed by atoms with Crippen molar-refractivity contribution in [3.05, 3.63) is 76.5 Å². The van der Waals surface area contributed by atoms with Crippen LogP contribution in [0.4, 0.5) is 10.1 Å². The van der Waals surface area contributed by atoms with Crippen LogP contribution in [0.2, 0.25) is 0 Å². The Balaban J connectivity index is 1.52. The highest BCUT2D eigenvalue weighted by Crippen LogP contribution is 2.37. The van der Waals surface area contributed by atoms with Gasteiger partial charge in [0.25, 0.3) is 0 Å². The number of aliphatic imine (C=N–C) groups is 1. The zero-order valence-electron chi connectivity index (χ0n) is 17.5. The number of rotatable bonds is 2. The number of hydrogen-bond donors (Lipinski definition) is 1. The van der Waals surface area contributed by atoms with Crippen LogP contribution in [-0.4, -0.2) is 46.3 Å². The fourth-order valence-corrected chi connectivity index (χ4v) is 4.24. The normalized spacial score (nSPS) is 27.3. The standard InChI is InChI=1S/C23H23FN6O/c1-14-6-15(2)26-16(3)19(24)8-17(7-14)21-27-20-5-4-18(9-30(20)22(31)28-21)29-12-23(13-29)10-25-11-23/h4-9,25H,1,10-13H2,2-3H3/b15-6-,17-7+,19-8+,26-16-. The SMILES string of the molecule is C=C1\C=C(C)/N=C(C)\C(F)=C/C(c2nc(=O)n3cc(N4CC5(CNC5)C4)ccc3n2)=C\1. The fraction of sp³-hybridized carbons (Fsp3) is 0.304. The van der Waals surface area contributed by atoms with Gasteiger partial charge in [-0.25, -0.2) is 18.6 Å². The lowest BCUT2D eigenvalue weighted by molar-refractivity contribution is 0.121. The third-order valence-corrected chi connectivity index (χ3v) is 5.92. The molecule has 158 valence electrons. The Hall–Kier alpha value is -3.39. The van der Waals surface area contributed by atoms with Crippen LogP contribution in [0.1, 0.15) is 19.7 Å². The Labute approximate surface area is 179 Å². The Kier molecular flexibility index (Phi) is 4.48. The van der Waals surface area contributed by atoms with E-state index in [9.17, 15) is 9.18 Å². The second-order valence-electron chi connectivity index (χ2n) is 8.55. The van der Waals surface area contributed by atoms with E-state index in [0.29, 0.717) is 27.9 Å². The maximum absolute atomic E-state index is 14.6. The Morgan fingerprint density at radius 2 is 1.90 bits per heavy atom. The molecular formula is C23H23FN6O. The molecule has 3 aliphatic heterocycles. The molecule has 2 aromatic heterocycles. The third-order valence-electron chi connectivity index (χ3n) is 5.92. The summed E-state index contributed by atoms with van der Waals surface area (Å²) in [5.74, 6) is -0.358. The maximum Gasteiger partial charge on any atom is 0.355 e. The predicted molar refractivity (Wildman–Crippen MR) is 120 cm³/mol. The van der Waals surface area contributed by atoms with Crippen LogP contribution in [-0.2, 0) is 0 Å². The summed E-state index contributed by atoms with van der Waals surface area (Å²) in [6.07, 6.45) is 6.47. The van der Waals surface area contributed by atoms with Crippen molar-refractivity contribution in [2.45, 2.75) is 13.8 Å². The minimum absolute atomic E-state index is 0.151. The molecule has 0 aromatic carbocycles. The van der Waals surface area contributed by atoms with Gasteiger partial charge in [-0.3, -0.25) is 4.99 Å². The molecule has 0 saturated carbocycles. The van der Waals surface area contributed by atoms with Crippen molar-refractivity contribution in [2.75, 3.05) is 31.1 Å². The van der Waals surface area contributed by atoms with Crippen LogP contribution >= 0.6 is 0 Å². The molecule has 2 saturated heterocycles. The molecule has 0 bridgehead atoms. The van der Waals surface area contributed by atoms with Crippen LogP contribution < -0.4 is 15.9 Å². The lowest BCUT2D eigenvalue weighted by atomic mass is 9.74. The first-order valence-electron chi connectivity index (χ1n) is 10.2. The Morgan fingerprint density at radius 1 is 1.13 bits per heavy atom. The van der Waals surface area contributed by atoms with Crippen molar-refractivity contribution < 1.29 is 4.39 Å². The topological polar surface area (TPSA) is 74.9 Å². The minimum atomic E-state index is -0.509. The van der Waals surface area contributed by atoms with E-state index in [4.69, 9.17) is 0 Å². The highest BCUT2D eigenvalue weighted by molar-refractivity contribution is 5.99. The molecule has 8 heteroatoms. The lowest BCUT2D eigenvalue weighted by Gasteiger charge is -2.57. The number of halogens is 1. The zero-order chi connectivity index (χ0) is 21.8. The van der Waals surface area contributed by atoms with E-state index in [0.717, 1.165) is 31.9 Å².